The van der Waals surface area contributed by atoms with E-state index >= 15 is 0 Å². The summed E-state index contributed by atoms with van der Waals surface area (Å²) in [6.07, 6.45) is 1.17. The minimum absolute atomic E-state index is 0.101. The zero-order valence-corrected chi connectivity index (χ0v) is 11.0. The van der Waals surface area contributed by atoms with Crippen LogP contribution in [-0.2, 0) is 20.7 Å². The van der Waals surface area contributed by atoms with Crippen molar-refractivity contribution in [3.8, 4) is 5.75 Å². The van der Waals surface area contributed by atoms with Crippen molar-refractivity contribution >= 4 is 6.41 Å². The average Bonchev–Trinajstić information content (AvgIpc) is 3.14. The molecule has 0 aliphatic carbocycles. The van der Waals surface area contributed by atoms with Gasteiger partial charge in [0.15, 0.2) is 12.5 Å². The van der Waals surface area contributed by atoms with Crippen molar-refractivity contribution in [1.29, 1.82) is 0 Å². The molecule has 0 radical (unpaired) electrons. The highest BCUT2D eigenvalue weighted by Gasteiger charge is 2.40. The average molecular weight is 263 g/mol. The third kappa shape index (κ3) is 2.31. The van der Waals surface area contributed by atoms with Crippen LogP contribution >= 0.6 is 0 Å². The Hall–Kier alpha value is -1.59. The summed E-state index contributed by atoms with van der Waals surface area (Å²) in [5.41, 5.74) is 2.18. The van der Waals surface area contributed by atoms with E-state index < -0.39 is 0 Å². The molecular weight excluding hydrogens is 246 g/mol. The fourth-order valence-corrected chi connectivity index (χ4v) is 2.40. The number of fused-ring (bicyclic) bond motifs is 1. The van der Waals surface area contributed by atoms with E-state index in [1.807, 2.05) is 25.1 Å². The second-order valence-corrected chi connectivity index (χ2v) is 4.86. The van der Waals surface area contributed by atoms with E-state index in [0.29, 0.717) is 6.54 Å². The van der Waals surface area contributed by atoms with Crippen molar-refractivity contribution in [3.63, 3.8) is 0 Å². The Morgan fingerprint density at radius 3 is 2.89 bits per heavy atom. The number of benzene rings is 1. The summed E-state index contributed by atoms with van der Waals surface area (Å²) in [5, 5.41) is 0. The smallest absolute Gasteiger partial charge is 0.212 e. The first-order valence-electron chi connectivity index (χ1n) is 6.41. The number of carbonyl (C=O) groups excluding carboxylic acids is 1. The number of carbonyl (C=O) groups is 1. The molecule has 0 bridgehead atoms. The molecule has 5 heteroatoms. The summed E-state index contributed by atoms with van der Waals surface area (Å²) >= 11 is 0. The van der Waals surface area contributed by atoms with Gasteiger partial charge in [0.05, 0.1) is 7.11 Å². The minimum atomic E-state index is -0.383. The molecule has 0 aromatic heterocycles. The van der Waals surface area contributed by atoms with Crippen LogP contribution in [-0.4, -0.2) is 37.4 Å². The van der Waals surface area contributed by atoms with E-state index in [1.165, 1.54) is 5.56 Å². The molecule has 1 fully saturated rings. The monoisotopic (exact) mass is 263 g/mol. The van der Waals surface area contributed by atoms with Gasteiger partial charge in [0.1, 0.15) is 11.9 Å². The van der Waals surface area contributed by atoms with Gasteiger partial charge in [0.2, 0.25) is 6.41 Å². The van der Waals surface area contributed by atoms with E-state index in [2.05, 4.69) is 0 Å². The molecule has 0 spiro atoms. The molecule has 3 rings (SSSR count). The van der Waals surface area contributed by atoms with Gasteiger partial charge in [-0.3, -0.25) is 4.79 Å². The lowest BCUT2D eigenvalue weighted by Gasteiger charge is -2.34. The van der Waals surface area contributed by atoms with Gasteiger partial charge < -0.3 is 19.1 Å². The summed E-state index contributed by atoms with van der Waals surface area (Å²) < 4.78 is 16.4. The zero-order chi connectivity index (χ0) is 13.4. The summed E-state index contributed by atoms with van der Waals surface area (Å²) in [6, 6.07) is 5.90. The molecule has 0 N–H and O–H groups in total. The lowest BCUT2D eigenvalue weighted by atomic mass is 9.98. The summed E-state index contributed by atoms with van der Waals surface area (Å²) in [4.78, 5) is 12.9. The molecule has 2 aliphatic heterocycles. The predicted octanol–water partition coefficient (Wildman–Crippen LogP) is 1.47. The molecule has 1 amide bonds. The molecule has 0 saturated carbocycles. The van der Waals surface area contributed by atoms with Crippen LogP contribution in [0.15, 0.2) is 18.2 Å². The maximum Gasteiger partial charge on any atom is 0.212 e. The van der Waals surface area contributed by atoms with Crippen molar-refractivity contribution in [1.82, 2.24) is 4.90 Å². The summed E-state index contributed by atoms with van der Waals surface area (Å²) in [7, 11) is 1.63. The second kappa shape index (κ2) is 4.83. The highest BCUT2D eigenvalue weighted by atomic mass is 16.8. The SMILES string of the molecule is COc1ccc2c(c1)C(OC1OC1C)N(C=O)CC2. The fraction of sp³-hybridized carbons (Fsp3) is 0.500. The molecule has 102 valence electrons. The van der Waals surface area contributed by atoms with Gasteiger partial charge in [0.25, 0.3) is 0 Å². The van der Waals surface area contributed by atoms with Gasteiger partial charge in [-0.2, -0.15) is 0 Å². The summed E-state index contributed by atoms with van der Waals surface area (Å²) in [6.45, 7) is 2.61. The topological polar surface area (TPSA) is 51.3 Å². The molecule has 2 heterocycles. The van der Waals surface area contributed by atoms with Crippen LogP contribution in [0.4, 0.5) is 0 Å². The standard InChI is InChI=1S/C14H17NO4/c1-9-14(18-9)19-13-12-7-11(17-2)4-3-10(12)5-6-15(13)8-16/h3-4,7-9,13-14H,5-6H2,1-2H3. The number of epoxide rings is 1. The summed E-state index contributed by atoms with van der Waals surface area (Å²) in [5.74, 6) is 0.768. The van der Waals surface area contributed by atoms with E-state index in [1.54, 1.807) is 12.0 Å². The number of amides is 1. The Labute approximate surface area is 112 Å². The zero-order valence-electron chi connectivity index (χ0n) is 11.0. The Morgan fingerprint density at radius 1 is 1.47 bits per heavy atom. The molecule has 3 atom stereocenters. The number of hydrogen-bond acceptors (Lipinski definition) is 4. The Balaban J connectivity index is 1.91. The second-order valence-electron chi connectivity index (χ2n) is 4.86. The highest BCUT2D eigenvalue weighted by molar-refractivity contribution is 5.51. The first-order chi connectivity index (χ1) is 9.22. The van der Waals surface area contributed by atoms with Crippen LogP contribution in [0.2, 0.25) is 0 Å². The van der Waals surface area contributed by atoms with E-state index in [0.717, 1.165) is 24.1 Å². The van der Waals surface area contributed by atoms with Crippen LogP contribution in [0.25, 0.3) is 0 Å². The number of methoxy groups -OCH3 is 1. The van der Waals surface area contributed by atoms with Crippen LogP contribution < -0.4 is 4.74 Å². The van der Waals surface area contributed by atoms with Gasteiger partial charge in [-0.05, 0) is 31.0 Å². The van der Waals surface area contributed by atoms with Gasteiger partial charge >= 0.3 is 0 Å². The molecule has 1 aromatic rings. The molecule has 2 aliphatic rings. The van der Waals surface area contributed by atoms with Gasteiger partial charge in [-0.25, -0.2) is 0 Å². The largest absolute Gasteiger partial charge is 0.497 e. The maximum atomic E-state index is 11.2. The van der Waals surface area contributed by atoms with E-state index in [9.17, 15) is 4.79 Å². The lowest BCUT2D eigenvalue weighted by molar-refractivity contribution is -0.142. The third-order valence-electron chi connectivity index (χ3n) is 3.61. The van der Waals surface area contributed by atoms with Crippen molar-refractivity contribution in [3.05, 3.63) is 29.3 Å². The number of ether oxygens (including phenoxy) is 3. The normalized spacial score (nSPS) is 28.7. The molecule has 5 nitrogen and oxygen atoms in total. The number of hydrogen-bond donors (Lipinski definition) is 0. The molecule has 1 saturated heterocycles. The molecular formula is C14H17NO4. The Kier molecular flexibility index (Phi) is 3.16. The van der Waals surface area contributed by atoms with Crippen molar-refractivity contribution in [2.24, 2.45) is 0 Å². The lowest BCUT2D eigenvalue weighted by Crippen LogP contribution is -2.36. The Bertz CT molecular complexity index is 490. The maximum absolute atomic E-state index is 11.2. The van der Waals surface area contributed by atoms with E-state index in [-0.39, 0.29) is 18.6 Å². The van der Waals surface area contributed by atoms with Gasteiger partial charge in [-0.15, -0.1) is 0 Å². The molecule has 19 heavy (non-hydrogen) atoms. The van der Waals surface area contributed by atoms with E-state index in [4.69, 9.17) is 14.2 Å². The van der Waals surface area contributed by atoms with Crippen LogP contribution in [0, 0.1) is 0 Å². The number of rotatable bonds is 4. The van der Waals surface area contributed by atoms with Crippen molar-refractivity contribution < 1.29 is 19.0 Å². The minimum Gasteiger partial charge on any atom is -0.497 e. The molecule has 3 unspecified atom stereocenters. The predicted molar refractivity (Wildman–Crippen MR) is 67.6 cm³/mol. The van der Waals surface area contributed by atoms with Crippen LogP contribution in [0.3, 0.4) is 0 Å². The number of nitrogens with zero attached hydrogens (tertiary/aromatic N) is 1. The first kappa shape index (κ1) is 12.4. The van der Waals surface area contributed by atoms with Crippen molar-refractivity contribution in [2.75, 3.05) is 13.7 Å². The fourth-order valence-electron chi connectivity index (χ4n) is 2.40. The Morgan fingerprint density at radius 2 is 2.26 bits per heavy atom. The van der Waals surface area contributed by atoms with Gasteiger partial charge in [0, 0.05) is 12.1 Å². The van der Waals surface area contributed by atoms with Crippen LogP contribution in [0.5, 0.6) is 5.75 Å². The quantitative estimate of drug-likeness (QED) is 0.609. The van der Waals surface area contributed by atoms with Crippen molar-refractivity contribution in [2.45, 2.75) is 32.0 Å². The van der Waals surface area contributed by atoms with Gasteiger partial charge in [-0.1, -0.05) is 6.07 Å². The first-order valence-corrected chi connectivity index (χ1v) is 6.41. The molecule has 1 aromatic carbocycles. The van der Waals surface area contributed by atoms with Crippen LogP contribution in [0.1, 0.15) is 24.3 Å². The highest BCUT2D eigenvalue weighted by Crippen LogP contribution is 2.36. The third-order valence-corrected chi connectivity index (χ3v) is 3.61.